The Morgan fingerprint density at radius 2 is 1.06 bits per heavy atom. The number of hydrogen-bond acceptors (Lipinski definition) is 2. The Balaban J connectivity index is 2.28. The van der Waals surface area contributed by atoms with Crippen molar-refractivity contribution in [2.75, 3.05) is 0 Å². The molecule has 2 nitrogen and oxygen atoms in total. The Kier molecular flexibility index (Phi) is 18.4. The van der Waals surface area contributed by atoms with Crippen LogP contribution < -0.4 is 0 Å². The van der Waals surface area contributed by atoms with Crippen LogP contribution in [0, 0.1) is 5.92 Å². The van der Waals surface area contributed by atoms with Crippen LogP contribution in [0.5, 0.6) is 0 Å². The standard InChI is InChI=1S/C29H50O2/c1-3-5-7-9-11-13-15-20-24-28(25-21-16-14-12-10-8-6-4-2)29(30)31-26-27-22-18-17-19-23-27/h17-19,22-23,28H,3-16,20-21,24-26H2,1-2H3. The lowest BCUT2D eigenvalue weighted by molar-refractivity contribution is -0.150. The van der Waals surface area contributed by atoms with Crippen molar-refractivity contribution in [3.63, 3.8) is 0 Å². The first-order valence-electron chi connectivity index (χ1n) is 13.5. The minimum absolute atomic E-state index is 0.0229. The van der Waals surface area contributed by atoms with Gasteiger partial charge in [-0.05, 0) is 18.4 Å². The molecule has 0 radical (unpaired) electrons. The van der Waals surface area contributed by atoms with E-state index < -0.39 is 0 Å². The fraction of sp³-hybridized carbons (Fsp3) is 0.759. The summed E-state index contributed by atoms with van der Waals surface area (Å²) in [6, 6.07) is 10.1. The summed E-state index contributed by atoms with van der Waals surface area (Å²) in [5.74, 6) is 0.110. The summed E-state index contributed by atoms with van der Waals surface area (Å²) >= 11 is 0. The second kappa shape index (κ2) is 20.6. The van der Waals surface area contributed by atoms with E-state index in [4.69, 9.17) is 4.74 Å². The van der Waals surface area contributed by atoms with Gasteiger partial charge in [0.1, 0.15) is 6.61 Å². The second-order valence-corrected chi connectivity index (χ2v) is 9.32. The van der Waals surface area contributed by atoms with E-state index in [1.54, 1.807) is 0 Å². The number of benzene rings is 1. The Labute approximate surface area is 193 Å². The molecule has 0 atom stereocenters. The number of rotatable bonds is 21. The van der Waals surface area contributed by atoms with Crippen LogP contribution >= 0.6 is 0 Å². The highest BCUT2D eigenvalue weighted by atomic mass is 16.5. The summed E-state index contributed by atoms with van der Waals surface area (Å²) in [7, 11) is 0. The van der Waals surface area contributed by atoms with E-state index in [9.17, 15) is 4.79 Å². The van der Waals surface area contributed by atoms with Crippen LogP contribution in [0.1, 0.15) is 135 Å². The molecule has 0 aliphatic carbocycles. The molecule has 0 aliphatic rings. The normalized spacial score (nSPS) is 11.2. The van der Waals surface area contributed by atoms with Crippen molar-refractivity contribution in [3.05, 3.63) is 35.9 Å². The molecule has 0 N–H and O–H groups in total. The molecule has 0 aliphatic heterocycles. The van der Waals surface area contributed by atoms with Gasteiger partial charge in [-0.3, -0.25) is 4.79 Å². The molecule has 1 aromatic carbocycles. The number of carbonyl (C=O) groups is 1. The first kappa shape index (κ1) is 27.7. The Bertz CT molecular complexity index is 491. The Morgan fingerprint density at radius 3 is 1.52 bits per heavy atom. The first-order valence-corrected chi connectivity index (χ1v) is 13.5. The maximum Gasteiger partial charge on any atom is 0.309 e. The molecule has 1 rings (SSSR count). The molecule has 1 aromatic rings. The average Bonchev–Trinajstić information content (AvgIpc) is 2.80. The van der Waals surface area contributed by atoms with Crippen LogP contribution in [-0.4, -0.2) is 5.97 Å². The van der Waals surface area contributed by atoms with Gasteiger partial charge in [0.15, 0.2) is 0 Å². The van der Waals surface area contributed by atoms with Crippen LogP contribution in [0.15, 0.2) is 30.3 Å². The molecule has 0 fully saturated rings. The molecule has 0 spiro atoms. The number of carbonyl (C=O) groups excluding carboxylic acids is 1. The predicted octanol–water partition coefficient (Wildman–Crippen LogP) is 9.41. The Hall–Kier alpha value is -1.31. The van der Waals surface area contributed by atoms with Gasteiger partial charge in [-0.1, -0.05) is 147 Å². The minimum atomic E-state index is 0.0229. The first-order chi connectivity index (χ1) is 15.3. The van der Waals surface area contributed by atoms with E-state index >= 15 is 0 Å². The highest BCUT2D eigenvalue weighted by Gasteiger charge is 2.19. The maximum atomic E-state index is 12.8. The molecule has 178 valence electrons. The van der Waals surface area contributed by atoms with Gasteiger partial charge in [0, 0.05) is 0 Å². The maximum absolute atomic E-state index is 12.8. The fourth-order valence-corrected chi connectivity index (χ4v) is 4.28. The molecule has 0 unspecified atom stereocenters. The van der Waals surface area contributed by atoms with Crippen molar-refractivity contribution >= 4 is 5.97 Å². The van der Waals surface area contributed by atoms with Gasteiger partial charge in [-0.2, -0.15) is 0 Å². The number of hydrogen-bond donors (Lipinski definition) is 0. The number of unbranched alkanes of at least 4 members (excludes halogenated alkanes) is 14. The third kappa shape index (κ3) is 16.0. The molecule has 0 amide bonds. The Morgan fingerprint density at radius 1 is 0.645 bits per heavy atom. The summed E-state index contributed by atoms with van der Waals surface area (Å²) in [6.07, 6.45) is 23.0. The zero-order valence-corrected chi connectivity index (χ0v) is 20.7. The van der Waals surface area contributed by atoms with E-state index in [0.717, 1.165) is 31.2 Å². The van der Waals surface area contributed by atoms with Crippen LogP contribution in [0.4, 0.5) is 0 Å². The van der Waals surface area contributed by atoms with E-state index in [-0.39, 0.29) is 11.9 Å². The zero-order valence-electron chi connectivity index (χ0n) is 20.7. The molecular formula is C29H50O2. The second-order valence-electron chi connectivity index (χ2n) is 9.32. The highest BCUT2D eigenvalue weighted by Crippen LogP contribution is 2.21. The van der Waals surface area contributed by atoms with Gasteiger partial charge in [0.05, 0.1) is 5.92 Å². The van der Waals surface area contributed by atoms with Crippen molar-refractivity contribution < 1.29 is 9.53 Å². The van der Waals surface area contributed by atoms with Crippen LogP contribution in [0.2, 0.25) is 0 Å². The van der Waals surface area contributed by atoms with Crippen molar-refractivity contribution in [1.29, 1.82) is 0 Å². The molecule has 0 heterocycles. The zero-order chi connectivity index (χ0) is 22.4. The van der Waals surface area contributed by atoms with Crippen molar-refractivity contribution in [2.45, 2.75) is 136 Å². The average molecular weight is 431 g/mol. The molecule has 2 heteroatoms. The lowest BCUT2D eigenvalue weighted by atomic mass is 9.94. The predicted molar refractivity (Wildman–Crippen MR) is 134 cm³/mol. The summed E-state index contributed by atoms with van der Waals surface area (Å²) in [5.41, 5.74) is 1.08. The summed E-state index contributed by atoms with van der Waals surface area (Å²) in [4.78, 5) is 12.8. The number of esters is 1. The van der Waals surface area contributed by atoms with Crippen LogP contribution in [0.25, 0.3) is 0 Å². The van der Waals surface area contributed by atoms with E-state index in [1.807, 2.05) is 30.3 Å². The van der Waals surface area contributed by atoms with Crippen molar-refractivity contribution in [2.24, 2.45) is 5.92 Å². The molecule has 0 saturated carbocycles. The SMILES string of the molecule is CCCCCCCCCCC(CCCCCCCCCC)C(=O)OCc1ccccc1. The number of ether oxygens (including phenoxy) is 1. The summed E-state index contributed by atoms with van der Waals surface area (Å²) in [5, 5.41) is 0. The lowest BCUT2D eigenvalue weighted by Crippen LogP contribution is -2.18. The smallest absolute Gasteiger partial charge is 0.309 e. The molecular weight excluding hydrogens is 380 g/mol. The minimum Gasteiger partial charge on any atom is -0.461 e. The largest absolute Gasteiger partial charge is 0.461 e. The summed E-state index contributed by atoms with van der Waals surface area (Å²) < 4.78 is 5.70. The molecule has 0 aromatic heterocycles. The van der Waals surface area contributed by atoms with Gasteiger partial charge >= 0.3 is 5.97 Å². The van der Waals surface area contributed by atoms with E-state index in [0.29, 0.717) is 6.61 Å². The monoisotopic (exact) mass is 430 g/mol. The third-order valence-corrected chi connectivity index (χ3v) is 6.37. The van der Waals surface area contributed by atoms with Crippen molar-refractivity contribution in [1.82, 2.24) is 0 Å². The fourth-order valence-electron chi connectivity index (χ4n) is 4.28. The summed E-state index contributed by atoms with van der Waals surface area (Å²) in [6.45, 7) is 4.94. The van der Waals surface area contributed by atoms with Gasteiger partial charge in [-0.25, -0.2) is 0 Å². The highest BCUT2D eigenvalue weighted by molar-refractivity contribution is 5.72. The van der Waals surface area contributed by atoms with Crippen LogP contribution in [-0.2, 0) is 16.1 Å². The van der Waals surface area contributed by atoms with Gasteiger partial charge in [0.25, 0.3) is 0 Å². The molecule has 31 heavy (non-hydrogen) atoms. The quantitative estimate of drug-likeness (QED) is 0.143. The molecule has 0 bridgehead atoms. The van der Waals surface area contributed by atoms with Gasteiger partial charge in [0.2, 0.25) is 0 Å². The van der Waals surface area contributed by atoms with Gasteiger partial charge in [-0.15, -0.1) is 0 Å². The van der Waals surface area contributed by atoms with E-state index in [1.165, 1.54) is 89.9 Å². The van der Waals surface area contributed by atoms with E-state index in [2.05, 4.69) is 13.8 Å². The van der Waals surface area contributed by atoms with Crippen molar-refractivity contribution in [3.8, 4) is 0 Å². The van der Waals surface area contributed by atoms with Crippen LogP contribution in [0.3, 0.4) is 0 Å². The third-order valence-electron chi connectivity index (χ3n) is 6.37. The molecule has 0 saturated heterocycles. The topological polar surface area (TPSA) is 26.3 Å². The lowest BCUT2D eigenvalue weighted by Gasteiger charge is -2.16. The van der Waals surface area contributed by atoms with Gasteiger partial charge < -0.3 is 4.74 Å².